The number of amides is 1. The van der Waals surface area contributed by atoms with Gasteiger partial charge < -0.3 is 11.1 Å². The summed E-state index contributed by atoms with van der Waals surface area (Å²) < 4.78 is 0. The second-order valence-electron chi connectivity index (χ2n) is 5.66. The van der Waals surface area contributed by atoms with Gasteiger partial charge in [0.2, 0.25) is 5.91 Å². The normalized spacial score (nSPS) is 17.6. The molecule has 0 aliphatic heterocycles. The fourth-order valence-electron chi connectivity index (χ4n) is 2.88. The fraction of sp³-hybridized carbons (Fsp3) is 0.500. The van der Waals surface area contributed by atoms with E-state index in [1.807, 2.05) is 6.07 Å². The van der Waals surface area contributed by atoms with E-state index < -0.39 is 5.41 Å². The Bertz CT molecular complexity index is 557. The molecule has 0 radical (unpaired) electrons. The highest BCUT2D eigenvalue weighted by Crippen LogP contribution is 2.35. The molecule has 1 fully saturated rings. The summed E-state index contributed by atoms with van der Waals surface area (Å²) in [5.41, 5.74) is 6.45. The van der Waals surface area contributed by atoms with Gasteiger partial charge in [0, 0.05) is 12.2 Å². The van der Waals surface area contributed by atoms with Gasteiger partial charge in [0.1, 0.15) is 6.07 Å². The SMILES string of the molecule is N#Cc1ccc(NC(=O)C2(CN)CCCCCC2)cc1Cl. The van der Waals surface area contributed by atoms with Crippen LogP contribution in [0, 0.1) is 16.7 Å². The number of anilines is 1. The van der Waals surface area contributed by atoms with Crippen LogP contribution in [0.5, 0.6) is 0 Å². The van der Waals surface area contributed by atoms with Crippen molar-refractivity contribution in [3.8, 4) is 6.07 Å². The molecule has 4 nitrogen and oxygen atoms in total. The van der Waals surface area contributed by atoms with Gasteiger partial charge >= 0.3 is 0 Å². The summed E-state index contributed by atoms with van der Waals surface area (Å²) in [6.45, 7) is 0.364. The minimum absolute atomic E-state index is 0.0346. The number of hydrogen-bond donors (Lipinski definition) is 2. The zero-order valence-electron chi connectivity index (χ0n) is 12.0. The number of nitrogens with one attached hydrogen (secondary N) is 1. The van der Waals surface area contributed by atoms with Crippen LogP contribution in [-0.4, -0.2) is 12.5 Å². The molecule has 3 N–H and O–H groups in total. The quantitative estimate of drug-likeness (QED) is 0.839. The lowest BCUT2D eigenvalue weighted by Gasteiger charge is -2.29. The molecule has 1 aliphatic carbocycles. The van der Waals surface area contributed by atoms with Gasteiger partial charge in [-0.25, -0.2) is 0 Å². The van der Waals surface area contributed by atoms with Crippen LogP contribution in [0.25, 0.3) is 0 Å². The van der Waals surface area contributed by atoms with Gasteiger partial charge in [-0.3, -0.25) is 4.79 Å². The first-order valence-corrected chi connectivity index (χ1v) is 7.70. The van der Waals surface area contributed by atoms with Crippen LogP contribution in [0.3, 0.4) is 0 Å². The fourth-order valence-corrected chi connectivity index (χ4v) is 3.10. The van der Waals surface area contributed by atoms with E-state index in [0.717, 1.165) is 38.5 Å². The first kappa shape index (κ1) is 15.8. The Labute approximate surface area is 130 Å². The summed E-state index contributed by atoms with van der Waals surface area (Å²) in [4.78, 5) is 12.6. The third-order valence-electron chi connectivity index (χ3n) is 4.28. The van der Waals surface area contributed by atoms with Crippen LogP contribution in [0.1, 0.15) is 44.1 Å². The largest absolute Gasteiger partial charge is 0.329 e. The third-order valence-corrected chi connectivity index (χ3v) is 4.59. The van der Waals surface area contributed by atoms with E-state index in [1.54, 1.807) is 18.2 Å². The number of nitrogens with zero attached hydrogens (tertiary/aromatic N) is 1. The third kappa shape index (κ3) is 3.55. The van der Waals surface area contributed by atoms with E-state index >= 15 is 0 Å². The molecule has 1 aromatic carbocycles. The maximum absolute atomic E-state index is 12.6. The number of rotatable bonds is 3. The van der Waals surface area contributed by atoms with E-state index in [9.17, 15) is 4.79 Å². The molecule has 1 amide bonds. The predicted molar refractivity (Wildman–Crippen MR) is 84.0 cm³/mol. The summed E-state index contributed by atoms with van der Waals surface area (Å²) in [6.07, 6.45) is 6.08. The molecule has 21 heavy (non-hydrogen) atoms. The maximum atomic E-state index is 12.6. The second kappa shape index (κ2) is 6.93. The van der Waals surface area contributed by atoms with Crippen molar-refractivity contribution in [3.63, 3.8) is 0 Å². The molecule has 1 aromatic rings. The van der Waals surface area contributed by atoms with Crippen molar-refractivity contribution in [2.24, 2.45) is 11.1 Å². The van der Waals surface area contributed by atoms with Gasteiger partial charge in [-0.15, -0.1) is 0 Å². The van der Waals surface area contributed by atoms with Gasteiger partial charge in [0.15, 0.2) is 0 Å². The van der Waals surface area contributed by atoms with Gasteiger partial charge in [0.05, 0.1) is 16.0 Å². The Morgan fingerprint density at radius 1 is 1.33 bits per heavy atom. The molecule has 0 saturated heterocycles. The van der Waals surface area contributed by atoms with Gasteiger partial charge in [0.25, 0.3) is 0 Å². The van der Waals surface area contributed by atoms with E-state index in [2.05, 4.69) is 5.32 Å². The smallest absolute Gasteiger partial charge is 0.231 e. The Morgan fingerprint density at radius 3 is 2.52 bits per heavy atom. The predicted octanol–water partition coefficient (Wildman–Crippen LogP) is 3.45. The van der Waals surface area contributed by atoms with Crippen molar-refractivity contribution in [3.05, 3.63) is 28.8 Å². The topological polar surface area (TPSA) is 78.9 Å². The Hall–Kier alpha value is -1.57. The van der Waals surface area contributed by atoms with Crippen LogP contribution in [0.15, 0.2) is 18.2 Å². The first-order valence-electron chi connectivity index (χ1n) is 7.32. The highest BCUT2D eigenvalue weighted by Gasteiger charge is 2.37. The zero-order valence-corrected chi connectivity index (χ0v) is 12.7. The number of carbonyl (C=O) groups excluding carboxylic acids is 1. The molecule has 1 aliphatic rings. The summed E-state index contributed by atoms with van der Waals surface area (Å²) in [7, 11) is 0. The van der Waals surface area contributed by atoms with Gasteiger partial charge in [-0.2, -0.15) is 5.26 Å². The summed E-state index contributed by atoms with van der Waals surface area (Å²) >= 11 is 5.99. The summed E-state index contributed by atoms with van der Waals surface area (Å²) in [5, 5.41) is 12.1. The molecular weight excluding hydrogens is 286 g/mol. The van der Waals surface area contributed by atoms with Crippen molar-refractivity contribution in [1.82, 2.24) is 0 Å². The average molecular weight is 306 g/mol. The van der Waals surface area contributed by atoms with Crippen molar-refractivity contribution in [2.45, 2.75) is 38.5 Å². The van der Waals surface area contributed by atoms with Crippen LogP contribution < -0.4 is 11.1 Å². The highest BCUT2D eigenvalue weighted by atomic mass is 35.5. The lowest BCUT2D eigenvalue weighted by Crippen LogP contribution is -2.42. The number of benzene rings is 1. The van der Waals surface area contributed by atoms with Crippen molar-refractivity contribution in [1.29, 1.82) is 5.26 Å². The van der Waals surface area contributed by atoms with E-state index in [-0.39, 0.29) is 5.91 Å². The van der Waals surface area contributed by atoms with Gasteiger partial charge in [-0.05, 0) is 31.0 Å². The van der Waals surface area contributed by atoms with Crippen LogP contribution >= 0.6 is 11.6 Å². The first-order chi connectivity index (χ1) is 10.1. The lowest BCUT2D eigenvalue weighted by atomic mass is 9.79. The monoisotopic (exact) mass is 305 g/mol. The summed E-state index contributed by atoms with van der Waals surface area (Å²) in [6, 6.07) is 6.92. The molecule has 0 atom stereocenters. The number of hydrogen-bond acceptors (Lipinski definition) is 3. The number of nitriles is 1. The van der Waals surface area contributed by atoms with Gasteiger partial charge in [-0.1, -0.05) is 37.3 Å². The number of carbonyl (C=O) groups is 1. The van der Waals surface area contributed by atoms with Crippen molar-refractivity contribution in [2.75, 3.05) is 11.9 Å². The molecular formula is C16H20ClN3O. The van der Waals surface area contributed by atoms with Crippen LogP contribution in [0.4, 0.5) is 5.69 Å². The standard InChI is InChI=1S/C16H20ClN3O/c17-14-9-13(6-5-12(14)10-18)20-15(21)16(11-19)7-3-1-2-4-8-16/h5-6,9H,1-4,7-8,11,19H2,(H,20,21). The lowest BCUT2D eigenvalue weighted by molar-refractivity contribution is -0.125. The average Bonchev–Trinajstić information content (AvgIpc) is 2.74. The molecule has 112 valence electrons. The molecule has 0 heterocycles. The molecule has 2 rings (SSSR count). The molecule has 0 aromatic heterocycles. The maximum Gasteiger partial charge on any atom is 0.231 e. The van der Waals surface area contributed by atoms with Crippen molar-refractivity contribution < 1.29 is 4.79 Å². The number of halogens is 1. The highest BCUT2D eigenvalue weighted by molar-refractivity contribution is 6.32. The molecule has 0 spiro atoms. The van der Waals surface area contributed by atoms with E-state index in [0.29, 0.717) is 22.8 Å². The number of nitrogens with two attached hydrogens (primary N) is 1. The Kier molecular flexibility index (Phi) is 5.22. The van der Waals surface area contributed by atoms with Crippen LogP contribution in [0.2, 0.25) is 5.02 Å². The van der Waals surface area contributed by atoms with Crippen molar-refractivity contribution >= 4 is 23.2 Å². The van der Waals surface area contributed by atoms with E-state index in [1.165, 1.54) is 0 Å². The minimum Gasteiger partial charge on any atom is -0.329 e. The Morgan fingerprint density at radius 2 is 2.00 bits per heavy atom. The Balaban J connectivity index is 2.15. The second-order valence-corrected chi connectivity index (χ2v) is 6.07. The minimum atomic E-state index is -0.475. The molecule has 5 heteroatoms. The van der Waals surface area contributed by atoms with E-state index in [4.69, 9.17) is 22.6 Å². The molecule has 1 saturated carbocycles. The van der Waals surface area contributed by atoms with Crippen LogP contribution in [-0.2, 0) is 4.79 Å². The molecule has 0 unspecified atom stereocenters. The summed E-state index contributed by atoms with van der Waals surface area (Å²) in [5.74, 6) is -0.0346. The molecule has 0 bridgehead atoms. The zero-order chi connectivity index (χ0) is 15.3.